The van der Waals surface area contributed by atoms with Crippen molar-refractivity contribution in [1.82, 2.24) is 15.8 Å². The van der Waals surface area contributed by atoms with Gasteiger partial charge in [0.05, 0.1) is 18.1 Å². The minimum Gasteiger partial charge on any atom is -0.461 e. The molecule has 34 heavy (non-hydrogen) atoms. The second-order valence-electron chi connectivity index (χ2n) is 7.95. The van der Waals surface area contributed by atoms with Crippen molar-refractivity contribution in [2.24, 2.45) is 5.41 Å². The normalized spacial score (nSPS) is 14.2. The Morgan fingerprint density at radius 3 is 2.59 bits per heavy atom. The molecular weight excluding hydrogens is 470 g/mol. The Kier molecular flexibility index (Phi) is 9.53. The van der Waals surface area contributed by atoms with Crippen LogP contribution >= 0.6 is 11.8 Å². The van der Waals surface area contributed by atoms with Gasteiger partial charge in [-0.05, 0) is 6.92 Å². The van der Waals surface area contributed by atoms with Crippen LogP contribution in [-0.2, 0) is 14.3 Å². The van der Waals surface area contributed by atoms with Crippen LogP contribution < -0.4 is 10.6 Å². The van der Waals surface area contributed by atoms with E-state index < -0.39 is 35.0 Å². The lowest BCUT2D eigenvalue weighted by atomic mass is 9.87. The van der Waals surface area contributed by atoms with Crippen molar-refractivity contribution in [2.45, 2.75) is 33.3 Å². The van der Waals surface area contributed by atoms with E-state index in [0.717, 1.165) is 17.8 Å². The number of carbonyl (C=O) groups is 5. The fraction of sp³-hybridized carbons (Fsp3) is 0.524. The van der Waals surface area contributed by atoms with E-state index in [1.807, 2.05) is 0 Å². The topological polar surface area (TPSA) is 185 Å². The van der Waals surface area contributed by atoms with Crippen molar-refractivity contribution in [1.29, 1.82) is 0 Å². The summed E-state index contributed by atoms with van der Waals surface area (Å²) in [5.41, 5.74) is -1.61. The van der Waals surface area contributed by atoms with Gasteiger partial charge in [-0.15, -0.1) is 11.8 Å². The molecule has 0 aliphatic heterocycles. The van der Waals surface area contributed by atoms with Crippen LogP contribution in [0.2, 0.25) is 0 Å². The van der Waals surface area contributed by atoms with E-state index in [1.165, 1.54) is 13.8 Å². The Bertz CT molecular complexity index is 1000. The average Bonchev–Trinajstić information content (AvgIpc) is 3.25. The van der Waals surface area contributed by atoms with Crippen molar-refractivity contribution in [3.63, 3.8) is 0 Å². The first-order valence-corrected chi connectivity index (χ1v) is 11.5. The van der Waals surface area contributed by atoms with Gasteiger partial charge in [0.25, 0.3) is 0 Å². The highest BCUT2D eigenvalue weighted by Crippen LogP contribution is 2.30. The fourth-order valence-electron chi connectivity index (χ4n) is 2.77. The van der Waals surface area contributed by atoms with Crippen LogP contribution in [0.1, 0.15) is 58.6 Å². The lowest BCUT2D eigenvalue weighted by Gasteiger charge is -2.27. The van der Waals surface area contributed by atoms with Crippen LogP contribution in [0.15, 0.2) is 15.5 Å². The molecule has 0 radical (unpaired) electrons. The predicted octanol–water partition coefficient (Wildman–Crippen LogP) is -0.151. The number of aliphatic hydroxyl groups is 2. The molecule has 0 saturated carbocycles. The number of aliphatic hydroxyl groups excluding tert-OH is 2. The molecule has 186 valence electrons. The van der Waals surface area contributed by atoms with Gasteiger partial charge in [-0.1, -0.05) is 19.0 Å². The van der Waals surface area contributed by atoms with Gasteiger partial charge in [-0.3, -0.25) is 19.2 Å². The number of fused-ring (bicyclic) bond motifs is 1. The molecule has 0 spiro atoms. The summed E-state index contributed by atoms with van der Waals surface area (Å²) in [6, 6.07) is 0. The number of rotatable bonds is 12. The second-order valence-corrected chi connectivity index (χ2v) is 9.08. The van der Waals surface area contributed by atoms with E-state index in [9.17, 15) is 34.2 Å². The highest BCUT2D eigenvalue weighted by Gasteiger charge is 2.36. The van der Waals surface area contributed by atoms with E-state index in [-0.39, 0.29) is 66.3 Å². The van der Waals surface area contributed by atoms with Gasteiger partial charge < -0.3 is 30.1 Å². The lowest BCUT2D eigenvalue weighted by Crippen LogP contribution is -2.46. The first kappa shape index (κ1) is 27.2. The summed E-state index contributed by atoms with van der Waals surface area (Å²) >= 11 is 1.02. The molecular formula is C21H27N3O9S. The minimum absolute atomic E-state index is 0.0125. The Balaban J connectivity index is 1.79. The van der Waals surface area contributed by atoms with E-state index in [1.54, 1.807) is 6.92 Å². The molecule has 1 unspecified atom stereocenters. The molecule has 0 saturated heterocycles. The molecule has 4 N–H and O–H groups in total. The number of thioether (sulfide) groups is 1. The molecule has 13 heteroatoms. The number of nitrogens with zero attached hydrogens (tertiary/aromatic N) is 1. The maximum atomic E-state index is 12.7. The first-order valence-electron chi connectivity index (χ1n) is 10.5. The van der Waals surface area contributed by atoms with Gasteiger partial charge in [0.15, 0.2) is 0 Å². The number of aromatic nitrogens is 1. The van der Waals surface area contributed by atoms with Gasteiger partial charge in [-0.25, -0.2) is 4.79 Å². The maximum Gasteiger partial charge on any atom is 0.361 e. The van der Waals surface area contributed by atoms with E-state index in [2.05, 4.69) is 15.8 Å². The Morgan fingerprint density at radius 1 is 1.24 bits per heavy atom. The standard InChI is InChI=1S/C21H27N3O9S/c1-4-32-20(31)15-14-16(28)12(9-11(26)17(14)33-24-15)34-8-7-22-13(27)5-6-23-19(30)18(29)21(2,3)10-25/h9,18,25,29H,4-8,10H2,1-3H3,(H,22,27)(H,23,30). The number of Topliss-reactive ketones (excluding diaryl/α,β-unsaturated/α-hetero) is 1. The molecule has 2 amide bonds. The van der Waals surface area contributed by atoms with Gasteiger partial charge in [0, 0.05) is 36.8 Å². The number of nitrogens with one attached hydrogen (secondary N) is 2. The van der Waals surface area contributed by atoms with Crippen LogP contribution in [0, 0.1) is 5.41 Å². The average molecular weight is 498 g/mol. The molecule has 0 fully saturated rings. The number of ketones is 2. The van der Waals surface area contributed by atoms with Gasteiger partial charge in [0.1, 0.15) is 11.7 Å². The van der Waals surface area contributed by atoms with Crippen molar-refractivity contribution in [3.8, 4) is 0 Å². The summed E-state index contributed by atoms with van der Waals surface area (Å²) in [5.74, 6) is -3.20. The van der Waals surface area contributed by atoms with Crippen LogP contribution in [0.25, 0.3) is 0 Å². The van der Waals surface area contributed by atoms with Crippen molar-refractivity contribution >= 4 is 41.1 Å². The van der Waals surface area contributed by atoms with E-state index in [0.29, 0.717) is 0 Å². The van der Waals surface area contributed by atoms with Gasteiger partial charge >= 0.3 is 5.97 Å². The van der Waals surface area contributed by atoms with Crippen molar-refractivity contribution < 1.29 is 43.4 Å². The SMILES string of the molecule is CCOC(=O)c1noc2c1C(=O)C(SCCNC(=O)CCNC(=O)C(O)C(C)(C)CO)=CC2=O. The second kappa shape index (κ2) is 11.9. The minimum atomic E-state index is -1.42. The van der Waals surface area contributed by atoms with Crippen molar-refractivity contribution in [3.05, 3.63) is 28.0 Å². The molecule has 1 aliphatic rings. The molecule has 1 aromatic heterocycles. The van der Waals surface area contributed by atoms with Crippen LogP contribution in [-0.4, -0.2) is 82.9 Å². The third-order valence-corrected chi connectivity index (χ3v) is 5.85. The summed E-state index contributed by atoms with van der Waals surface area (Å²) in [5, 5.41) is 27.6. The molecule has 0 aromatic carbocycles. The molecule has 1 aliphatic carbocycles. The number of hydrogen-bond acceptors (Lipinski definition) is 11. The van der Waals surface area contributed by atoms with Crippen LogP contribution in [0.3, 0.4) is 0 Å². The smallest absolute Gasteiger partial charge is 0.361 e. The number of carbonyl (C=O) groups excluding carboxylic acids is 5. The van der Waals surface area contributed by atoms with Crippen LogP contribution in [0.4, 0.5) is 0 Å². The zero-order chi connectivity index (χ0) is 25.5. The number of hydrogen-bond donors (Lipinski definition) is 4. The molecule has 12 nitrogen and oxygen atoms in total. The summed E-state index contributed by atoms with van der Waals surface area (Å²) in [6.45, 7) is 4.48. The van der Waals surface area contributed by atoms with E-state index >= 15 is 0 Å². The number of ether oxygens (including phenoxy) is 1. The highest BCUT2D eigenvalue weighted by atomic mass is 32.2. The molecule has 1 atom stereocenters. The quantitative estimate of drug-likeness (QED) is 0.222. The fourth-order valence-corrected chi connectivity index (χ4v) is 3.61. The van der Waals surface area contributed by atoms with Gasteiger partial charge in [-0.2, -0.15) is 0 Å². The zero-order valence-corrected chi connectivity index (χ0v) is 19.8. The summed E-state index contributed by atoms with van der Waals surface area (Å²) in [7, 11) is 0. The number of esters is 1. The number of allylic oxidation sites excluding steroid dienone is 2. The Morgan fingerprint density at radius 2 is 1.94 bits per heavy atom. The first-order chi connectivity index (χ1) is 16.0. The largest absolute Gasteiger partial charge is 0.461 e. The lowest BCUT2D eigenvalue weighted by molar-refractivity contribution is -0.137. The van der Waals surface area contributed by atoms with Crippen LogP contribution in [0.5, 0.6) is 0 Å². The Hall–Kier alpha value is -3.03. The zero-order valence-electron chi connectivity index (χ0n) is 19.0. The summed E-state index contributed by atoms with van der Waals surface area (Å²) < 4.78 is 9.67. The number of amides is 2. The summed E-state index contributed by atoms with van der Waals surface area (Å²) in [6.07, 6.45) is -0.377. The predicted molar refractivity (Wildman–Crippen MR) is 119 cm³/mol. The molecule has 0 bridgehead atoms. The van der Waals surface area contributed by atoms with E-state index in [4.69, 9.17) is 9.26 Å². The maximum absolute atomic E-state index is 12.7. The van der Waals surface area contributed by atoms with Gasteiger partial charge in [0.2, 0.25) is 34.8 Å². The third-order valence-electron chi connectivity index (χ3n) is 4.83. The Labute approximate surface area is 199 Å². The third kappa shape index (κ3) is 6.52. The molecule has 2 rings (SSSR count). The summed E-state index contributed by atoms with van der Waals surface area (Å²) in [4.78, 5) is 60.8. The molecule has 1 heterocycles. The monoisotopic (exact) mass is 497 g/mol. The van der Waals surface area contributed by atoms with Crippen molar-refractivity contribution in [2.75, 3.05) is 32.1 Å². The highest BCUT2D eigenvalue weighted by molar-refractivity contribution is 8.04. The molecule has 1 aromatic rings.